The van der Waals surface area contributed by atoms with Crippen LogP contribution in [0.1, 0.15) is 31.1 Å². The lowest BCUT2D eigenvalue weighted by atomic mass is 10.2. The highest BCUT2D eigenvalue weighted by atomic mass is 16.5. The Kier molecular flexibility index (Phi) is 2.61. The number of hydrogen-bond donors (Lipinski definition) is 1. The molecule has 0 aliphatic carbocycles. The van der Waals surface area contributed by atoms with Crippen molar-refractivity contribution in [1.29, 1.82) is 0 Å². The maximum atomic E-state index is 8.86. The van der Waals surface area contributed by atoms with Crippen molar-refractivity contribution >= 4 is 0 Å². The first-order chi connectivity index (χ1) is 6.40. The highest BCUT2D eigenvalue weighted by molar-refractivity contribution is 5.01. The molecule has 1 N–H and O–H groups in total. The molecule has 1 aliphatic heterocycles. The van der Waals surface area contributed by atoms with Crippen LogP contribution >= 0.6 is 0 Å². The molecule has 2 heterocycles. The lowest BCUT2D eigenvalue weighted by Crippen LogP contribution is -2.18. The molecule has 0 amide bonds. The fourth-order valence-electron chi connectivity index (χ4n) is 1.55. The zero-order chi connectivity index (χ0) is 9.10. The molecular formula is C9H14N2O2. The van der Waals surface area contributed by atoms with Crippen molar-refractivity contribution in [3.63, 3.8) is 0 Å². The summed E-state index contributed by atoms with van der Waals surface area (Å²) in [6.45, 7) is 0.867. The molecule has 1 aromatic heterocycles. The van der Waals surface area contributed by atoms with Crippen LogP contribution in [0.25, 0.3) is 0 Å². The highest BCUT2D eigenvalue weighted by Crippen LogP contribution is 2.21. The molecule has 4 nitrogen and oxygen atoms in total. The van der Waals surface area contributed by atoms with E-state index in [9.17, 15) is 0 Å². The minimum Gasteiger partial charge on any atom is -0.392 e. The van der Waals surface area contributed by atoms with E-state index < -0.39 is 0 Å². The fourth-order valence-corrected chi connectivity index (χ4v) is 1.55. The van der Waals surface area contributed by atoms with Gasteiger partial charge >= 0.3 is 0 Å². The monoisotopic (exact) mass is 182 g/mol. The van der Waals surface area contributed by atoms with Crippen LogP contribution in [0.15, 0.2) is 12.4 Å². The van der Waals surface area contributed by atoms with Gasteiger partial charge in [0.05, 0.1) is 12.8 Å². The maximum absolute atomic E-state index is 8.86. The van der Waals surface area contributed by atoms with Crippen molar-refractivity contribution in [3.8, 4) is 0 Å². The predicted molar refractivity (Wildman–Crippen MR) is 47.0 cm³/mol. The quantitative estimate of drug-likeness (QED) is 0.744. The van der Waals surface area contributed by atoms with Gasteiger partial charge in [0.1, 0.15) is 6.23 Å². The van der Waals surface area contributed by atoms with Crippen molar-refractivity contribution in [3.05, 3.63) is 18.0 Å². The van der Waals surface area contributed by atoms with E-state index in [4.69, 9.17) is 9.84 Å². The summed E-state index contributed by atoms with van der Waals surface area (Å²) in [6, 6.07) is 0. The topological polar surface area (TPSA) is 47.3 Å². The molecule has 1 aromatic rings. The summed E-state index contributed by atoms with van der Waals surface area (Å²) in [5, 5.41) is 13.0. The molecule has 1 atom stereocenters. The van der Waals surface area contributed by atoms with Crippen LogP contribution in [0.5, 0.6) is 0 Å². The highest BCUT2D eigenvalue weighted by Gasteiger charge is 2.15. The summed E-state index contributed by atoms with van der Waals surface area (Å²) >= 11 is 0. The van der Waals surface area contributed by atoms with E-state index in [0.717, 1.165) is 25.0 Å². The Labute approximate surface area is 77.1 Å². The van der Waals surface area contributed by atoms with Gasteiger partial charge in [-0.1, -0.05) is 0 Å². The molecule has 1 aliphatic rings. The minimum absolute atomic E-state index is 0.0483. The van der Waals surface area contributed by atoms with Crippen molar-refractivity contribution in [2.45, 2.75) is 32.1 Å². The molecule has 13 heavy (non-hydrogen) atoms. The number of ether oxygens (including phenoxy) is 1. The van der Waals surface area contributed by atoms with Crippen LogP contribution in [0, 0.1) is 0 Å². The summed E-state index contributed by atoms with van der Waals surface area (Å²) in [5.41, 5.74) is 0.842. The zero-order valence-corrected chi connectivity index (χ0v) is 7.52. The number of hydrogen-bond acceptors (Lipinski definition) is 3. The third kappa shape index (κ3) is 1.89. The second-order valence-electron chi connectivity index (χ2n) is 3.31. The Hall–Kier alpha value is -0.870. The third-order valence-corrected chi connectivity index (χ3v) is 2.29. The van der Waals surface area contributed by atoms with Gasteiger partial charge in [0.25, 0.3) is 0 Å². The van der Waals surface area contributed by atoms with Crippen LogP contribution in [-0.4, -0.2) is 21.5 Å². The molecule has 0 unspecified atom stereocenters. The van der Waals surface area contributed by atoms with Gasteiger partial charge in [-0.15, -0.1) is 0 Å². The van der Waals surface area contributed by atoms with Crippen molar-refractivity contribution in [2.24, 2.45) is 0 Å². The standard InChI is InChI=1S/C9H14N2O2/c12-7-8-5-10-11(6-8)9-3-1-2-4-13-9/h5-6,9,12H,1-4,7H2/t9-/m1/s1. The van der Waals surface area contributed by atoms with E-state index in [1.807, 2.05) is 6.20 Å². The van der Waals surface area contributed by atoms with E-state index in [1.165, 1.54) is 6.42 Å². The summed E-state index contributed by atoms with van der Waals surface area (Å²) < 4.78 is 7.34. The van der Waals surface area contributed by atoms with E-state index in [1.54, 1.807) is 10.9 Å². The van der Waals surface area contributed by atoms with Crippen LogP contribution in [0.4, 0.5) is 0 Å². The first-order valence-corrected chi connectivity index (χ1v) is 4.65. The summed E-state index contributed by atoms with van der Waals surface area (Å²) in [4.78, 5) is 0. The summed E-state index contributed by atoms with van der Waals surface area (Å²) in [6.07, 6.45) is 6.96. The Morgan fingerprint density at radius 1 is 1.62 bits per heavy atom. The molecule has 0 spiro atoms. The smallest absolute Gasteiger partial charge is 0.150 e. The van der Waals surface area contributed by atoms with E-state index in [2.05, 4.69) is 5.10 Å². The molecule has 0 aromatic carbocycles. The van der Waals surface area contributed by atoms with Gasteiger partial charge in [-0.3, -0.25) is 0 Å². The number of rotatable bonds is 2. The normalized spacial score (nSPS) is 23.3. The van der Waals surface area contributed by atoms with Gasteiger partial charge in [0, 0.05) is 18.4 Å². The van der Waals surface area contributed by atoms with Crippen LogP contribution in [0.3, 0.4) is 0 Å². The molecule has 0 bridgehead atoms. The van der Waals surface area contributed by atoms with E-state index >= 15 is 0 Å². The Morgan fingerprint density at radius 3 is 3.15 bits per heavy atom. The number of aromatic nitrogens is 2. The summed E-state index contributed by atoms with van der Waals surface area (Å²) in [5.74, 6) is 0. The first-order valence-electron chi connectivity index (χ1n) is 4.65. The fraction of sp³-hybridized carbons (Fsp3) is 0.667. The molecule has 0 radical (unpaired) electrons. The average molecular weight is 182 g/mol. The zero-order valence-electron chi connectivity index (χ0n) is 7.52. The summed E-state index contributed by atoms with van der Waals surface area (Å²) in [7, 11) is 0. The molecular weight excluding hydrogens is 168 g/mol. The molecule has 1 fully saturated rings. The first kappa shape index (κ1) is 8.72. The number of aliphatic hydroxyl groups is 1. The van der Waals surface area contributed by atoms with Crippen LogP contribution < -0.4 is 0 Å². The predicted octanol–water partition coefficient (Wildman–Crippen LogP) is 1.07. The van der Waals surface area contributed by atoms with Gasteiger partial charge in [0.15, 0.2) is 0 Å². The van der Waals surface area contributed by atoms with E-state index in [0.29, 0.717) is 0 Å². The van der Waals surface area contributed by atoms with Gasteiger partial charge in [-0.2, -0.15) is 5.10 Å². The van der Waals surface area contributed by atoms with Crippen molar-refractivity contribution in [2.75, 3.05) is 6.61 Å². The van der Waals surface area contributed by atoms with E-state index in [-0.39, 0.29) is 12.8 Å². The Bertz CT molecular complexity index is 266. The lowest BCUT2D eigenvalue weighted by molar-refractivity contribution is -0.0395. The second kappa shape index (κ2) is 3.89. The van der Waals surface area contributed by atoms with Gasteiger partial charge in [-0.25, -0.2) is 4.68 Å². The maximum Gasteiger partial charge on any atom is 0.150 e. The molecule has 4 heteroatoms. The largest absolute Gasteiger partial charge is 0.392 e. The average Bonchev–Trinajstić information content (AvgIpc) is 2.67. The minimum atomic E-state index is 0.0483. The molecule has 1 saturated heterocycles. The van der Waals surface area contributed by atoms with Gasteiger partial charge in [-0.05, 0) is 19.3 Å². The molecule has 0 saturated carbocycles. The van der Waals surface area contributed by atoms with Gasteiger partial charge in [0.2, 0.25) is 0 Å². The second-order valence-corrected chi connectivity index (χ2v) is 3.31. The third-order valence-electron chi connectivity index (χ3n) is 2.29. The van der Waals surface area contributed by atoms with Crippen molar-refractivity contribution < 1.29 is 9.84 Å². The Morgan fingerprint density at radius 2 is 2.54 bits per heavy atom. The SMILES string of the molecule is OCc1cnn([C@H]2CCCCO2)c1. The number of aliphatic hydroxyl groups excluding tert-OH is 1. The number of nitrogens with zero attached hydrogens (tertiary/aromatic N) is 2. The molecule has 72 valence electrons. The lowest BCUT2D eigenvalue weighted by Gasteiger charge is -2.22. The molecule has 2 rings (SSSR count). The van der Waals surface area contributed by atoms with Crippen LogP contribution in [0.2, 0.25) is 0 Å². The van der Waals surface area contributed by atoms with Gasteiger partial charge < -0.3 is 9.84 Å². The Balaban J connectivity index is 2.05. The van der Waals surface area contributed by atoms with Crippen LogP contribution in [-0.2, 0) is 11.3 Å². The van der Waals surface area contributed by atoms with Crippen molar-refractivity contribution in [1.82, 2.24) is 9.78 Å².